The van der Waals surface area contributed by atoms with Gasteiger partial charge in [0.2, 0.25) is 6.79 Å². The van der Waals surface area contributed by atoms with Gasteiger partial charge >= 0.3 is 6.03 Å². The van der Waals surface area contributed by atoms with Crippen LogP contribution in [0, 0.1) is 6.92 Å². The molecular weight excluding hydrogens is 312 g/mol. The third-order valence-corrected chi connectivity index (χ3v) is 3.54. The minimum atomic E-state index is -0.272. The van der Waals surface area contributed by atoms with E-state index in [0.29, 0.717) is 30.4 Å². The second-order valence-electron chi connectivity index (χ2n) is 5.43. The van der Waals surface area contributed by atoms with E-state index >= 15 is 0 Å². The number of carbonyl (C=O) groups is 1. The van der Waals surface area contributed by atoms with Crippen LogP contribution in [0.1, 0.15) is 24.5 Å². The average molecular weight is 332 g/mol. The molecule has 1 aliphatic rings. The fraction of sp³-hybridized carbons (Fsp3) is 0.353. The number of fused-ring (bicyclic) bond motifs is 1. The molecule has 0 radical (unpaired) electrons. The Kier molecular flexibility index (Phi) is 4.79. The molecule has 2 aromatic rings. The summed E-state index contributed by atoms with van der Waals surface area (Å²) in [5, 5.41) is 5.55. The van der Waals surface area contributed by atoms with Gasteiger partial charge in [-0.1, -0.05) is 0 Å². The predicted molar refractivity (Wildman–Crippen MR) is 86.5 cm³/mol. The molecule has 1 unspecified atom stereocenters. The van der Waals surface area contributed by atoms with Gasteiger partial charge in [0.1, 0.15) is 23.9 Å². The van der Waals surface area contributed by atoms with Crippen LogP contribution in [0.3, 0.4) is 0 Å². The SMILES string of the molecule is Cc1ccc(C(C)NC(=O)NCCOc2ccc3c(c2)OCO3)o1. The average Bonchev–Trinajstić information content (AvgIpc) is 3.19. The number of hydrogen-bond acceptors (Lipinski definition) is 5. The van der Waals surface area contributed by atoms with Crippen molar-refractivity contribution in [3.8, 4) is 17.2 Å². The van der Waals surface area contributed by atoms with E-state index in [1.54, 1.807) is 18.2 Å². The normalized spacial score (nSPS) is 13.4. The summed E-state index contributed by atoms with van der Waals surface area (Å²) >= 11 is 0. The molecule has 7 heteroatoms. The van der Waals surface area contributed by atoms with Crippen LogP contribution in [0.15, 0.2) is 34.7 Å². The van der Waals surface area contributed by atoms with Crippen LogP contribution < -0.4 is 24.8 Å². The van der Waals surface area contributed by atoms with E-state index in [0.717, 1.165) is 11.5 Å². The summed E-state index contributed by atoms with van der Waals surface area (Å²) in [5.74, 6) is 3.58. The lowest BCUT2D eigenvalue weighted by Gasteiger charge is -2.13. The molecule has 0 bridgehead atoms. The van der Waals surface area contributed by atoms with Crippen molar-refractivity contribution in [3.05, 3.63) is 41.9 Å². The molecule has 7 nitrogen and oxygen atoms in total. The van der Waals surface area contributed by atoms with Crippen molar-refractivity contribution in [3.63, 3.8) is 0 Å². The van der Waals surface area contributed by atoms with Crippen molar-refractivity contribution < 1.29 is 23.4 Å². The largest absolute Gasteiger partial charge is 0.492 e. The maximum atomic E-state index is 11.8. The third-order valence-electron chi connectivity index (χ3n) is 3.54. The van der Waals surface area contributed by atoms with E-state index in [1.807, 2.05) is 26.0 Å². The summed E-state index contributed by atoms with van der Waals surface area (Å²) < 4.78 is 21.6. The molecule has 3 rings (SSSR count). The molecule has 128 valence electrons. The van der Waals surface area contributed by atoms with Crippen LogP contribution in [-0.2, 0) is 0 Å². The molecule has 2 N–H and O–H groups in total. The first-order valence-corrected chi connectivity index (χ1v) is 7.75. The highest BCUT2D eigenvalue weighted by molar-refractivity contribution is 5.74. The van der Waals surface area contributed by atoms with Crippen molar-refractivity contribution in [2.45, 2.75) is 19.9 Å². The van der Waals surface area contributed by atoms with Gasteiger partial charge in [-0.2, -0.15) is 0 Å². The first-order valence-electron chi connectivity index (χ1n) is 7.75. The van der Waals surface area contributed by atoms with Crippen molar-refractivity contribution in [1.29, 1.82) is 0 Å². The lowest BCUT2D eigenvalue weighted by Crippen LogP contribution is -2.38. The van der Waals surface area contributed by atoms with Gasteiger partial charge in [-0.25, -0.2) is 4.79 Å². The smallest absolute Gasteiger partial charge is 0.315 e. The number of nitrogens with one attached hydrogen (secondary N) is 2. The Morgan fingerprint density at radius 2 is 2.08 bits per heavy atom. The molecule has 1 aliphatic heterocycles. The number of carbonyl (C=O) groups excluding carboxylic acids is 1. The first-order chi connectivity index (χ1) is 11.6. The monoisotopic (exact) mass is 332 g/mol. The van der Waals surface area contributed by atoms with Crippen LogP contribution in [0.25, 0.3) is 0 Å². The quantitative estimate of drug-likeness (QED) is 0.795. The summed E-state index contributed by atoms with van der Waals surface area (Å²) in [5.41, 5.74) is 0. The first kappa shape index (κ1) is 16.0. The molecule has 24 heavy (non-hydrogen) atoms. The summed E-state index contributed by atoms with van der Waals surface area (Å²) in [6.07, 6.45) is 0. The van der Waals surface area contributed by atoms with E-state index in [1.165, 1.54) is 0 Å². The Bertz CT molecular complexity index is 713. The number of amides is 2. The number of aryl methyl sites for hydroxylation is 1. The standard InChI is InChI=1S/C17H20N2O5/c1-11-3-5-14(24-11)12(2)19-17(20)18-7-8-21-13-4-6-15-16(9-13)23-10-22-15/h3-6,9,12H,7-8,10H2,1-2H3,(H2,18,19,20). The topological polar surface area (TPSA) is 82.0 Å². The highest BCUT2D eigenvalue weighted by atomic mass is 16.7. The Hall–Kier alpha value is -2.83. The van der Waals surface area contributed by atoms with Crippen molar-refractivity contribution in [1.82, 2.24) is 10.6 Å². The number of ether oxygens (including phenoxy) is 3. The maximum absolute atomic E-state index is 11.8. The molecule has 0 saturated heterocycles. The van der Waals surface area contributed by atoms with Crippen LogP contribution >= 0.6 is 0 Å². The van der Waals surface area contributed by atoms with E-state index in [4.69, 9.17) is 18.6 Å². The molecule has 0 fully saturated rings. The molecule has 1 atom stereocenters. The predicted octanol–water partition coefficient (Wildman–Crippen LogP) is 2.76. The van der Waals surface area contributed by atoms with E-state index in [2.05, 4.69) is 10.6 Å². The lowest BCUT2D eigenvalue weighted by atomic mass is 10.2. The second kappa shape index (κ2) is 7.16. The molecule has 1 aromatic carbocycles. The Morgan fingerprint density at radius 3 is 2.88 bits per heavy atom. The summed E-state index contributed by atoms with van der Waals surface area (Å²) in [6.45, 7) is 4.68. The second-order valence-corrected chi connectivity index (χ2v) is 5.43. The van der Waals surface area contributed by atoms with Gasteiger partial charge < -0.3 is 29.3 Å². The van der Waals surface area contributed by atoms with Crippen LogP contribution in [0.5, 0.6) is 17.2 Å². The summed E-state index contributed by atoms with van der Waals surface area (Å²) in [7, 11) is 0. The van der Waals surface area contributed by atoms with Gasteiger partial charge in [0, 0.05) is 6.07 Å². The molecule has 1 aromatic heterocycles. The van der Waals surface area contributed by atoms with Gasteiger partial charge in [-0.3, -0.25) is 0 Å². The highest BCUT2D eigenvalue weighted by Gasteiger charge is 2.14. The summed E-state index contributed by atoms with van der Waals surface area (Å²) in [4.78, 5) is 11.8. The maximum Gasteiger partial charge on any atom is 0.315 e. The zero-order valence-corrected chi connectivity index (χ0v) is 13.6. The Labute approximate surface area is 139 Å². The zero-order valence-electron chi connectivity index (χ0n) is 13.6. The fourth-order valence-electron chi connectivity index (χ4n) is 2.31. The fourth-order valence-corrected chi connectivity index (χ4v) is 2.31. The number of urea groups is 1. The third kappa shape index (κ3) is 3.92. The molecule has 0 saturated carbocycles. The molecular formula is C17H20N2O5. The van der Waals surface area contributed by atoms with Crippen molar-refractivity contribution >= 4 is 6.03 Å². The van der Waals surface area contributed by atoms with Gasteiger partial charge in [0.25, 0.3) is 0 Å². The molecule has 0 aliphatic carbocycles. The van der Waals surface area contributed by atoms with E-state index < -0.39 is 0 Å². The van der Waals surface area contributed by atoms with E-state index in [-0.39, 0.29) is 18.9 Å². The minimum absolute atomic E-state index is 0.200. The van der Waals surface area contributed by atoms with Gasteiger partial charge in [0.05, 0.1) is 12.6 Å². The van der Waals surface area contributed by atoms with Crippen molar-refractivity contribution in [2.75, 3.05) is 19.9 Å². The number of furan rings is 1. The van der Waals surface area contributed by atoms with Gasteiger partial charge in [0.15, 0.2) is 11.5 Å². The van der Waals surface area contributed by atoms with Gasteiger partial charge in [-0.15, -0.1) is 0 Å². The number of rotatable bonds is 6. The molecule has 2 amide bonds. The zero-order chi connectivity index (χ0) is 16.9. The summed E-state index contributed by atoms with van der Waals surface area (Å²) in [6, 6.07) is 8.61. The molecule has 0 spiro atoms. The van der Waals surface area contributed by atoms with Crippen molar-refractivity contribution in [2.24, 2.45) is 0 Å². The Morgan fingerprint density at radius 1 is 1.25 bits per heavy atom. The van der Waals surface area contributed by atoms with Crippen LogP contribution in [0.4, 0.5) is 4.79 Å². The minimum Gasteiger partial charge on any atom is -0.492 e. The van der Waals surface area contributed by atoms with Gasteiger partial charge in [-0.05, 0) is 38.1 Å². The highest BCUT2D eigenvalue weighted by Crippen LogP contribution is 2.34. The van der Waals surface area contributed by atoms with Crippen LogP contribution in [-0.4, -0.2) is 26.0 Å². The number of benzene rings is 1. The molecule has 2 heterocycles. The van der Waals surface area contributed by atoms with Crippen LogP contribution in [0.2, 0.25) is 0 Å². The number of hydrogen-bond donors (Lipinski definition) is 2. The lowest BCUT2D eigenvalue weighted by molar-refractivity contribution is 0.173. The Balaban J connectivity index is 1.37. The van der Waals surface area contributed by atoms with E-state index in [9.17, 15) is 4.79 Å².